The lowest BCUT2D eigenvalue weighted by Gasteiger charge is -2.06. The Bertz CT molecular complexity index is 300. The Morgan fingerprint density at radius 1 is 1.64 bits per heavy atom. The predicted molar refractivity (Wildman–Crippen MR) is 50.0 cm³/mol. The predicted octanol–water partition coefficient (Wildman–Crippen LogP) is 0.407. The van der Waals surface area contributed by atoms with Crippen LogP contribution < -0.4 is 5.32 Å². The zero-order valence-electron chi connectivity index (χ0n) is 7.82. The van der Waals surface area contributed by atoms with Gasteiger partial charge in [-0.05, 0) is 12.8 Å². The van der Waals surface area contributed by atoms with E-state index >= 15 is 0 Å². The van der Waals surface area contributed by atoms with E-state index in [4.69, 9.17) is 5.26 Å². The van der Waals surface area contributed by atoms with Gasteiger partial charge in [0.1, 0.15) is 0 Å². The van der Waals surface area contributed by atoms with Crippen LogP contribution in [0.2, 0.25) is 0 Å². The maximum atomic E-state index is 11.4. The van der Waals surface area contributed by atoms with Crippen LogP contribution in [0.3, 0.4) is 0 Å². The number of ketones is 1. The summed E-state index contributed by atoms with van der Waals surface area (Å²) in [4.78, 5) is 22.7. The standard InChI is InChI=1S/C10H12N2O2/c1-2-5-12-10(14)8(6-11)9(13)7-3-4-7/h2,7-8H,1,3-5H2,(H,12,14). The minimum Gasteiger partial charge on any atom is -0.351 e. The molecule has 0 aromatic heterocycles. The Morgan fingerprint density at radius 3 is 2.71 bits per heavy atom. The Hall–Kier alpha value is -1.63. The maximum absolute atomic E-state index is 11.4. The van der Waals surface area contributed by atoms with Gasteiger partial charge in [-0.25, -0.2) is 0 Å². The van der Waals surface area contributed by atoms with Gasteiger partial charge in [-0.2, -0.15) is 5.26 Å². The molecular weight excluding hydrogens is 180 g/mol. The summed E-state index contributed by atoms with van der Waals surface area (Å²) >= 11 is 0. The average molecular weight is 192 g/mol. The third-order valence-electron chi connectivity index (χ3n) is 2.08. The molecule has 0 radical (unpaired) electrons. The van der Waals surface area contributed by atoms with E-state index in [9.17, 15) is 9.59 Å². The number of nitrogens with zero attached hydrogens (tertiary/aromatic N) is 1. The third-order valence-corrected chi connectivity index (χ3v) is 2.08. The molecule has 0 aromatic carbocycles. The van der Waals surface area contributed by atoms with Crippen molar-refractivity contribution < 1.29 is 9.59 Å². The fraction of sp³-hybridized carbons (Fsp3) is 0.500. The van der Waals surface area contributed by atoms with Crippen molar-refractivity contribution in [3.8, 4) is 6.07 Å². The minimum atomic E-state index is -1.14. The first-order valence-electron chi connectivity index (χ1n) is 4.52. The van der Waals surface area contributed by atoms with Gasteiger partial charge in [0, 0.05) is 12.5 Å². The number of carbonyl (C=O) groups excluding carboxylic acids is 2. The topological polar surface area (TPSA) is 70.0 Å². The molecule has 4 nitrogen and oxygen atoms in total. The van der Waals surface area contributed by atoms with E-state index in [0.717, 1.165) is 12.8 Å². The molecule has 0 bridgehead atoms. The van der Waals surface area contributed by atoms with Crippen LogP contribution in [0.15, 0.2) is 12.7 Å². The number of nitriles is 1. The lowest BCUT2D eigenvalue weighted by atomic mass is 10.0. The summed E-state index contributed by atoms with van der Waals surface area (Å²) in [5, 5.41) is 11.1. The Morgan fingerprint density at radius 2 is 2.29 bits per heavy atom. The maximum Gasteiger partial charge on any atom is 0.245 e. The molecule has 0 heterocycles. The van der Waals surface area contributed by atoms with Crippen molar-refractivity contribution in [2.75, 3.05) is 6.54 Å². The van der Waals surface area contributed by atoms with Crippen molar-refractivity contribution in [3.05, 3.63) is 12.7 Å². The molecule has 14 heavy (non-hydrogen) atoms. The number of amides is 1. The molecule has 1 amide bonds. The van der Waals surface area contributed by atoms with E-state index in [1.54, 1.807) is 6.07 Å². The van der Waals surface area contributed by atoms with Gasteiger partial charge in [0.05, 0.1) is 6.07 Å². The zero-order valence-corrected chi connectivity index (χ0v) is 7.82. The van der Waals surface area contributed by atoms with Gasteiger partial charge in [-0.15, -0.1) is 6.58 Å². The molecule has 0 aliphatic heterocycles. The monoisotopic (exact) mass is 192 g/mol. The second kappa shape index (κ2) is 4.56. The summed E-state index contributed by atoms with van der Waals surface area (Å²) in [5.74, 6) is -1.95. The SMILES string of the molecule is C=CCNC(=O)C(C#N)C(=O)C1CC1. The molecule has 1 aliphatic rings. The number of hydrogen-bond acceptors (Lipinski definition) is 3. The van der Waals surface area contributed by atoms with Gasteiger partial charge < -0.3 is 5.32 Å². The molecule has 1 rings (SSSR count). The van der Waals surface area contributed by atoms with E-state index in [1.165, 1.54) is 6.08 Å². The molecule has 1 fully saturated rings. The smallest absolute Gasteiger partial charge is 0.245 e. The largest absolute Gasteiger partial charge is 0.351 e. The molecule has 0 saturated heterocycles. The summed E-state index contributed by atoms with van der Waals surface area (Å²) in [7, 11) is 0. The third kappa shape index (κ3) is 2.43. The molecule has 0 aromatic rings. The van der Waals surface area contributed by atoms with Gasteiger partial charge in [0.15, 0.2) is 11.7 Å². The van der Waals surface area contributed by atoms with Gasteiger partial charge in [-0.1, -0.05) is 6.08 Å². The van der Waals surface area contributed by atoms with Gasteiger partial charge in [0.25, 0.3) is 0 Å². The number of carbonyl (C=O) groups is 2. The van der Waals surface area contributed by atoms with Crippen LogP contribution in [0.25, 0.3) is 0 Å². The second-order valence-electron chi connectivity index (χ2n) is 3.27. The second-order valence-corrected chi connectivity index (χ2v) is 3.27. The molecule has 1 saturated carbocycles. The van der Waals surface area contributed by atoms with Crippen LogP contribution >= 0.6 is 0 Å². The van der Waals surface area contributed by atoms with E-state index in [-0.39, 0.29) is 18.2 Å². The zero-order chi connectivity index (χ0) is 10.6. The fourth-order valence-corrected chi connectivity index (χ4v) is 1.13. The molecule has 1 unspecified atom stereocenters. The quantitative estimate of drug-likeness (QED) is 0.506. The number of Topliss-reactive ketones (excluding diaryl/α,β-unsaturated/α-hetero) is 1. The van der Waals surface area contributed by atoms with E-state index in [0.29, 0.717) is 0 Å². The Kier molecular flexibility index (Phi) is 3.41. The first-order chi connectivity index (χ1) is 6.70. The first kappa shape index (κ1) is 10.5. The molecule has 74 valence electrons. The van der Waals surface area contributed by atoms with Crippen LogP contribution in [-0.2, 0) is 9.59 Å². The van der Waals surface area contributed by atoms with E-state index in [1.807, 2.05) is 0 Å². The van der Waals surface area contributed by atoms with Crippen LogP contribution in [0.4, 0.5) is 0 Å². The van der Waals surface area contributed by atoms with Crippen molar-refractivity contribution in [1.29, 1.82) is 5.26 Å². The molecule has 0 spiro atoms. The summed E-state index contributed by atoms with van der Waals surface area (Å²) in [6.07, 6.45) is 3.13. The Balaban J connectivity index is 2.52. The van der Waals surface area contributed by atoms with Crippen molar-refractivity contribution in [2.45, 2.75) is 12.8 Å². The van der Waals surface area contributed by atoms with Gasteiger partial charge in [-0.3, -0.25) is 9.59 Å². The van der Waals surface area contributed by atoms with Crippen LogP contribution in [0.1, 0.15) is 12.8 Å². The van der Waals surface area contributed by atoms with Crippen molar-refractivity contribution >= 4 is 11.7 Å². The molecule has 1 aliphatic carbocycles. The lowest BCUT2D eigenvalue weighted by molar-refractivity contribution is -0.132. The van der Waals surface area contributed by atoms with Gasteiger partial charge in [0.2, 0.25) is 5.91 Å². The number of rotatable bonds is 5. The molecule has 1 atom stereocenters. The summed E-state index contributed by atoms with van der Waals surface area (Å²) in [6.45, 7) is 3.71. The van der Waals surface area contributed by atoms with Crippen LogP contribution in [-0.4, -0.2) is 18.2 Å². The summed E-state index contributed by atoms with van der Waals surface area (Å²) in [5.41, 5.74) is 0. The summed E-state index contributed by atoms with van der Waals surface area (Å²) < 4.78 is 0. The van der Waals surface area contributed by atoms with E-state index < -0.39 is 11.8 Å². The number of nitrogens with one attached hydrogen (secondary N) is 1. The van der Waals surface area contributed by atoms with Crippen LogP contribution in [0.5, 0.6) is 0 Å². The highest BCUT2D eigenvalue weighted by Gasteiger charge is 2.38. The van der Waals surface area contributed by atoms with Crippen molar-refractivity contribution in [2.24, 2.45) is 11.8 Å². The lowest BCUT2D eigenvalue weighted by Crippen LogP contribution is -2.35. The van der Waals surface area contributed by atoms with Crippen molar-refractivity contribution in [1.82, 2.24) is 5.32 Å². The fourth-order valence-electron chi connectivity index (χ4n) is 1.13. The Labute approximate surface area is 82.6 Å². The van der Waals surface area contributed by atoms with Crippen molar-refractivity contribution in [3.63, 3.8) is 0 Å². The molecule has 4 heteroatoms. The van der Waals surface area contributed by atoms with Crippen LogP contribution in [0, 0.1) is 23.2 Å². The first-order valence-corrected chi connectivity index (χ1v) is 4.52. The highest BCUT2D eigenvalue weighted by Crippen LogP contribution is 2.32. The highest BCUT2D eigenvalue weighted by molar-refractivity contribution is 6.05. The minimum absolute atomic E-state index is 0.0610. The normalized spacial score (nSPS) is 16.5. The van der Waals surface area contributed by atoms with E-state index in [2.05, 4.69) is 11.9 Å². The number of hydrogen-bond donors (Lipinski definition) is 1. The average Bonchev–Trinajstić information content (AvgIpc) is 2.98. The molecule has 1 N–H and O–H groups in total. The summed E-state index contributed by atoms with van der Waals surface area (Å²) in [6, 6.07) is 1.74. The highest BCUT2D eigenvalue weighted by atomic mass is 16.2. The molecular formula is C10H12N2O2. The van der Waals surface area contributed by atoms with Gasteiger partial charge >= 0.3 is 0 Å².